The zero-order chi connectivity index (χ0) is 35.8. The lowest BCUT2D eigenvalue weighted by molar-refractivity contribution is -0.118. The molecule has 1 amide bonds. The summed E-state index contributed by atoms with van der Waals surface area (Å²) in [6.07, 6.45) is 6.22. The van der Waals surface area contributed by atoms with Crippen LogP contribution in [0.5, 0.6) is 11.5 Å². The molecule has 4 aromatic carbocycles. The predicted octanol–water partition coefficient (Wildman–Crippen LogP) is 11.4. The van der Waals surface area contributed by atoms with Crippen LogP contribution in [0.15, 0.2) is 78.9 Å². The summed E-state index contributed by atoms with van der Waals surface area (Å²) >= 11 is 12.3. The molecule has 0 fully saturated rings. The molecule has 50 heavy (non-hydrogen) atoms. The molecule has 2 unspecified atom stereocenters. The van der Waals surface area contributed by atoms with Gasteiger partial charge < -0.3 is 20.3 Å². The number of nitrogens with one attached hydrogen (secondary N) is 2. The highest BCUT2D eigenvalue weighted by atomic mass is 35.5. The number of anilines is 2. The number of fused-ring (bicyclic) bond motifs is 3. The van der Waals surface area contributed by atoms with E-state index in [4.69, 9.17) is 27.9 Å². The Morgan fingerprint density at radius 3 is 2.26 bits per heavy atom. The van der Waals surface area contributed by atoms with Gasteiger partial charge in [0.05, 0.1) is 10.0 Å². The Bertz CT molecular complexity index is 1710. The van der Waals surface area contributed by atoms with Crippen LogP contribution in [0.2, 0.25) is 10.0 Å². The van der Waals surface area contributed by atoms with Gasteiger partial charge in [-0.3, -0.25) is 4.79 Å². The highest BCUT2D eigenvalue weighted by Crippen LogP contribution is 2.42. The molecule has 7 rings (SSSR count). The Morgan fingerprint density at radius 2 is 1.62 bits per heavy atom. The number of nitrogens with zero attached hydrogens (tertiary/aromatic N) is 1. The molecule has 2 N–H and O–H groups in total. The van der Waals surface area contributed by atoms with Crippen molar-refractivity contribution < 1.29 is 9.53 Å². The second-order valence-electron chi connectivity index (χ2n) is 13.6. The lowest BCUT2D eigenvalue weighted by Gasteiger charge is -2.36. The Kier molecular flexibility index (Phi) is 13.3. The first kappa shape index (κ1) is 37.7. The molecule has 4 aromatic rings. The summed E-state index contributed by atoms with van der Waals surface area (Å²) in [5, 5.41) is 7.73. The van der Waals surface area contributed by atoms with Crippen molar-refractivity contribution in [2.75, 3.05) is 30.4 Å². The topological polar surface area (TPSA) is 53.6 Å². The maximum Gasteiger partial charge on any atom is 0.226 e. The van der Waals surface area contributed by atoms with Crippen LogP contribution in [-0.2, 0) is 24.1 Å². The van der Waals surface area contributed by atoms with Gasteiger partial charge in [-0.15, -0.1) is 0 Å². The summed E-state index contributed by atoms with van der Waals surface area (Å²) in [5.74, 6) is 3.33. The molecule has 5 nitrogen and oxygen atoms in total. The molecule has 1 aliphatic carbocycles. The first-order valence-corrected chi connectivity index (χ1v) is 19.2. The van der Waals surface area contributed by atoms with Gasteiger partial charge in [0.15, 0.2) is 5.75 Å². The molecule has 2 atom stereocenters. The van der Waals surface area contributed by atoms with E-state index >= 15 is 0 Å². The largest absolute Gasteiger partial charge is 0.454 e. The quantitative estimate of drug-likeness (QED) is 0.200. The first-order chi connectivity index (χ1) is 24.2. The maximum atomic E-state index is 12.4. The monoisotopic (exact) mass is 713 g/mol. The Hall–Kier alpha value is -3.51. The summed E-state index contributed by atoms with van der Waals surface area (Å²) in [5.41, 5.74) is 9.38. The third-order valence-corrected chi connectivity index (χ3v) is 10.7. The van der Waals surface area contributed by atoms with Crippen molar-refractivity contribution in [2.24, 2.45) is 11.8 Å². The highest BCUT2D eigenvalue weighted by Gasteiger charge is 2.30. The summed E-state index contributed by atoms with van der Waals surface area (Å²) < 4.78 is 5.88. The van der Waals surface area contributed by atoms with Crippen LogP contribution in [0.4, 0.5) is 11.4 Å². The van der Waals surface area contributed by atoms with Crippen molar-refractivity contribution in [3.63, 3.8) is 0 Å². The van der Waals surface area contributed by atoms with Gasteiger partial charge in [0.1, 0.15) is 5.75 Å². The van der Waals surface area contributed by atoms with Crippen LogP contribution < -0.4 is 20.3 Å². The Morgan fingerprint density at radius 1 is 0.920 bits per heavy atom. The molecule has 3 aliphatic rings. The standard InChI is InChI=1S/C25H31NO.C16H16Cl2N2O.C2H6/c1-4-25(27)26-12-11-22(17(2)3)23-16-18(9-10-24(23)26)13-19-14-20-7-5-6-8-21(20)15-19;1-19-14-7-8-20-15-6-5-10(9-11(14)15)21-16-12(17)3-2-4-13(16)18;1-2/h5-10,16-17,19,22H,4,11-15H2,1-3H3;2-6,9,14,19-20H,7-8H2,1H3;1-2H3. The van der Waals surface area contributed by atoms with Gasteiger partial charge in [-0.25, -0.2) is 0 Å². The third-order valence-electron chi connectivity index (χ3n) is 10.1. The number of carbonyl (C=O) groups is 1. The minimum atomic E-state index is 0.248. The van der Waals surface area contributed by atoms with E-state index in [1.54, 1.807) is 18.2 Å². The molecule has 0 saturated carbocycles. The normalized spacial score (nSPS) is 17.7. The van der Waals surface area contributed by atoms with E-state index in [9.17, 15) is 4.79 Å². The van der Waals surface area contributed by atoms with Gasteiger partial charge in [0.2, 0.25) is 5.91 Å². The SMILES string of the molecule is CC.CCC(=O)N1CCC(C(C)C)c2cc(CC3Cc4ccccc4C3)ccc21.CNC1CCNc2ccc(Oc3c(Cl)cccc3Cl)cc21. The second kappa shape index (κ2) is 17.6. The number of halogens is 2. The van der Waals surface area contributed by atoms with E-state index in [1.165, 1.54) is 40.7 Å². The molecular formula is C43H53Cl2N3O2. The van der Waals surface area contributed by atoms with Crippen molar-refractivity contribution in [2.45, 2.75) is 85.1 Å². The van der Waals surface area contributed by atoms with Crippen LogP contribution >= 0.6 is 23.2 Å². The Labute approximate surface area is 309 Å². The minimum absolute atomic E-state index is 0.248. The molecule has 0 saturated heterocycles. The van der Waals surface area contributed by atoms with Crippen LogP contribution in [0.25, 0.3) is 0 Å². The summed E-state index contributed by atoms with van der Waals surface area (Å²) in [4.78, 5) is 14.4. The molecule has 0 spiro atoms. The van der Waals surface area contributed by atoms with Crippen molar-refractivity contribution in [1.29, 1.82) is 0 Å². The van der Waals surface area contributed by atoms with Crippen LogP contribution in [-0.4, -0.2) is 26.0 Å². The zero-order valence-electron chi connectivity index (χ0n) is 30.5. The average Bonchev–Trinajstić information content (AvgIpc) is 3.55. The number of hydrogen-bond donors (Lipinski definition) is 2. The minimum Gasteiger partial charge on any atom is -0.454 e. The first-order valence-electron chi connectivity index (χ1n) is 18.4. The van der Waals surface area contributed by atoms with Gasteiger partial charge in [-0.05, 0) is 121 Å². The van der Waals surface area contributed by atoms with Gasteiger partial charge in [-0.2, -0.15) is 0 Å². The number of ether oxygens (including phenoxy) is 1. The number of para-hydroxylation sites is 1. The molecule has 2 heterocycles. The number of carbonyl (C=O) groups excluding carboxylic acids is 1. The molecule has 0 aromatic heterocycles. The van der Waals surface area contributed by atoms with E-state index in [0.717, 1.165) is 49.5 Å². The van der Waals surface area contributed by atoms with Crippen LogP contribution in [0.1, 0.15) is 93.7 Å². The third kappa shape index (κ3) is 8.67. The number of amides is 1. The van der Waals surface area contributed by atoms with Crippen molar-refractivity contribution >= 4 is 40.5 Å². The molecule has 266 valence electrons. The molecule has 0 radical (unpaired) electrons. The van der Waals surface area contributed by atoms with Gasteiger partial charge >= 0.3 is 0 Å². The van der Waals surface area contributed by atoms with Crippen LogP contribution in [0, 0.1) is 11.8 Å². The predicted molar refractivity (Wildman–Crippen MR) is 212 cm³/mol. The van der Waals surface area contributed by atoms with Gasteiger partial charge in [-0.1, -0.05) is 100 Å². The van der Waals surface area contributed by atoms with Crippen molar-refractivity contribution in [1.82, 2.24) is 5.32 Å². The zero-order valence-corrected chi connectivity index (χ0v) is 32.0. The smallest absolute Gasteiger partial charge is 0.226 e. The summed E-state index contributed by atoms with van der Waals surface area (Å²) in [6, 6.07) is 27.4. The van der Waals surface area contributed by atoms with Gasteiger partial charge in [0.25, 0.3) is 0 Å². The Balaban J connectivity index is 0.000000191. The lowest BCUT2D eigenvalue weighted by Crippen LogP contribution is -2.37. The molecule has 0 bridgehead atoms. The number of rotatable bonds is 7. The average molecular weight is 715 g/mol. The van der Waals surface area contributed by atoms with Gasteiger partial charge in [0, 0.05) is 36.9 Å². The molecule has 2 aliphatic heterocycles. The highest BCUT2D eigenvalue weighted by molar-refractivity contribution is 6.37. The fourth-order valence-corrected chi connectivity index (χ4v) is 8.12. The summed E-state index contributed by atoms with van der Waals surface area (Å²) in [7, 11) is 1.97. The fourth-order valence-electron chi connectivity index (χ4n) is 7.65. The lowest BCUT2D eigenvalue weighted by atomic mass is 9.80. The number of benzene rings is 4. The number of hydrogen-bond acceptors (Lipinski definition) is 4. The van der Waals surface area contributed by atoms with E-state index in [2.05, 4.69) is 66.9 Å². The van der Waals surface area contributed by atoms with E-state index in [1.807, 2.05) is 50.9 Å². The summed E-state index contributed by atoms with van der Waals surface area (Å²) in [6.45, 7) is 12.4. The maximum absolute atomic E-state index is 12.4. The van der Waals surface area contributed by atoms with Crippen molar-refractivity contribution in [3.05, 3.63) is 117 Å². The fraction of sp³-hybridized carbons (Fsp3) is 0.419. The van der Waals surface area contributed by atoms with Crippen LogP contribution in [0.3, 0.4) is 0 Å². The van der Waals surface area contributed by atoms with E-state index in [0.29, 0.717) is 46.0 Å². The second-order valence-corrected chi connectivity index (χ2v) is 14.5. The van der Waals surface area contributed by atoms with E-state index in [-0.39, 0.29) is 5.91 Å². The molecular weight excluding hydrogens is 661 g/mol. The molecule has 7 heteroatoms. The van der Waals surface area contributed by atoms with Crippen molar-refractivity contribution in [3.8, 4) is 11.5 Å². The van der Waals surface area contributed by atoms with E-state index < -0.39 is 0 Å².